The molecule has 0 unspecified atom stereocenters. The molecule has 1 aliphatic rings. The predicted molar refractivity (Wildman–Crippen MR) is 66.6 cm³/mol. The summed E-state index contributed by atoms with van der Waals surface area (Å²) in [4.78, 5) is 4.29. The molecule has 2 atom stereocenters. The smallest absolute Gasteiger partial charge is 0.223 e. The Kier molecular flexibility index (Phi) is 4.31. The Bertz CT molecular complexity index is 372. The van der Waals surface area contributed by atoms with Crippen molar-refractivity contribution < 1.29 is 4.52 Å². The van der Waals surface area contributed by atoms with Crippen LogP contribution in [-0.2, 0) is 0 Å². The van der Waals surface area contributed by atoms with Gasteiger partial charge in [0.1, 0.15) is 0 Å². The SMILES string of the molecule is CC[C@@H](NC[C@H]1CC=CCC1)c1noc(C)n1. The van der Waals surface area contributed by atoms with Gasteiger partial charge in [-0.3, -0.25) is 0 Å². The van der Waals surface area contributed by atoms with Crippen LogP contribution in [0.1, 0.15) is 50.4 Å². The zero-order chi connectivity index (χ0) is 12.1. The minimum Gasteiger partial charge on any atom is -0.340 e. The lowest BCUT2D eigenvalue weighted by molar-refractivity contribution is 0.360. The van der Waals surface area contributed by atoms with Crippen LogP contribution in [0.25, 0.3) is 0 Å². The molecule has 0 spiro atoms. The van der Waals surface area contributed by atoms with E-state index in [0.717, 1.165) is 24.7 Å². The number of nitrogens with one attached hydrogen (secondary N) is 1. The van der Waals surface area contributed by atoms with E-state index in [9.17, 15) is 0 Å². The summed E-state index contributed by atoms with van der Waals surface area (Å²) >= 11 is 0. The van der Waals surface area contributed by atoms with Crippen LogP contribution < -0.4 is 5.32 Å². The van der Waals surface area contributed by atoms with E-state index in [2.05, 4.69) is 34.5 Å². The highest BCUT2D eigenvalue weighted by molar-refractivity contribution is 4.95. The highest BCUT2D eigenvalue weighted by atomic mass is 16.5. The van der Waals surface area contributed by atoms with E-state index in [0.29, 0.717) is 5.89 Å². The molecule has 0 aromatic carbocycles. The summed E-state index contributed by atoms with van der Waals surface area (Å²) in [5.74, 6) is 2.18. The lowest BCUT2D eigenvalue weighted by atomic mass is 9.94. The second-order valence-electron chi connectivity index (χ2n) is 4.69. The molecule has 0 bridgehead atoms. The summed E-state index contributed by atoms with van der Waals surface area (Å²) in [6.07, 6.45) is 9.23. The van der Waals surface area contributed by atoms with Gasteiger partial charge >= 0.3 is 0 Å². The summed E-state index contributed by atoms with van der Waals surface area (Å²) in [6.45, 7) is 5.01. The standard InChI is InChI=1S/C13H21N3O/c1-3-12(13-15-10(2)17-16-13)14-9-11-7-5-4-6-8-11/h4-5,11-12,14H,3,6-9H2,1-2H3/t11-,12+/m0/s1. The van der Waals surface area contributed by atoms with E-state index >= 15 is 0 Å². The zero-order valence-corrected chi connectivity index (χ0v) is 10.6. The fourth-order valence-electron chi connectivity index (χ4n) is 2.23. The molecule has 17 heavy (non-hydrogen) atoms. The van der Waals surface area contributed by atoms with Crippen molar-refractivity contribution in [2.24, 2.45) is 5.92 Å². The molecule has 4 heteroatoms. The number of nitrogens with zero attached hydrogens (tertiary/aromatic N) is 2. The van der Waals surface area contributed by atoms with Crippen molar-refractivity contribution >= 4 is 0 Å². The van der Waals surface area contributed by atoms with Gasteiger partial charge in [0.15, 0.2) is 5.82 Å². The maximum absolute atomic E-state index is 5.03. The normalized spacial score (nSPS) is 21.6. The Morgan fingerprint density at radius 2 is 2.41 bits per heavy atom. The molecule has 1 aromatic rings. The maximum atomic E-state index is 5.03. The third kappa shape index (κ3) is 3.40. The third-order valence-electron chi connectivity index (χ3n) is 3.29. The molecule has 0 aliphatic heterocycles. The molecule has 1 aliphatic carbocycles. The van der Waals surface area contributed by atoms with Crippen LogP contribution in [0.3, 0.4) is 0 Å². The van der Waals surface area contributed by atoms with Crippen LogP contribution in [0.5, 0.6) is 0 Å². The molecule has 1 N–H and O–H groups in total. The van der Waals surface area contributed by atoms with Gasteiger partial charge in [0.2, 0.25) is 5.89 Å². The van der Waals surface area contributed by atoms with Gasteiger partial charge in [-0.05, 0) is 38.1 Å². The Hall–Kier alpha value is -1.16. The molecule has 0 saturated heterocycles. The van der Waals surface area contributed by atoms with Crippen molar-refractivity contribution in [1.82, 2.24) is 15.5 Å². The minimum absolute atomic E-state index is 0.221. The highest BCUT2D eigenvalue weighted by Gasteiger charge is 2.17. The van der Waals surface area contributed by atoms with Crippen LogP contribution in [0.15, 0.2) is 16.7 Å². The second-order valence-corrected chi connectivity index (χ2v) is 4.69. The summed E-state index contributed by atoms with van der Waals surface area (Å²) in [6, 6.07) is 0.221. The van der Waals surface area contributed by atoms with Crippen LogP contribution in [0, 0.1) is 12.8 Å². The largest absolute Gasteiger partial charge is 0.340 e. The van der Waals surface area contributed by atoms with Crippen molar-refractivity contribution in [3.05, 3.63) is 23.9 Å². The van der Waals surface area contributed by atoms with E-state index < -0.39 is 0 Å². The van der Waals surface area contributed by atoms with Crippen LogP contribution in [0.2, 0.25) is 0 Å². The number of allylic oxidation sites excluding steroid dienone is 2. The summed E-state index contributed by atoms with van der Waals surface area (Å²) in [5.41, 5.74) is 0. The topological polar surface area (TPSA) is 51.0 Å². The Labute approximate surface area is 102 Å². The first-order valence-electron chi connectivity index (χ1n) is 6.48. The maximum Gasteiger partial charge on any atom is 0.223 e. The molecule has 0 radical (unpaired) electrons. The summed E-state index contributed by atoms with van der Waals surface area (Å²) in [7, 11) is 0. The van der Waals surface area contributed by atoms with Crippen LogP contribution >= 0.6 is 0 Å². The number of aryl methyl sites for hydroxylation is 1. The average molecular weight is 235 g/mol. The number of rotatable bonds is 5. The Balaban J connectivity index is 1.85. The molecule has 1 aromatic heterocycles. The van der Waals surface area contributed by atoms with E-state index in [4.69, 9.17) is 4.52 Å². The van der Waals surface area contributed by atoms with Crippen molar-refractivity contribution in [3.8, 4) is 0 Å². The van der Waals surface area contributed by atoms with E-state index in [-0.39, 0.29) is 6.04 Å². The van der Waals surface area contributed by atoms with Gasteiger partial charge in [0.25, 0.3) is 0 Å². The van der Waals surface area contributed by atoms with Gasteiger partial charge in [-0.25, -0.2) is 0 Å². The predicted octanol–water partition coefficient (Wildman–Crippen LogP) is 2.78. The molecule has 2 rings (SSSR count). The lowest BCUT2D eigenvalue weighted by Crippen LogP contribution is -2.28. The van der Waals surface area contributed by atoms with Crippen molar-refractivity contribution in [1.29, 1.82) is 0 Å². The highest BCUT2D eigenvalue weighted by Crippen LogP contribution is 2.19. The van der Waals surface area contributed by atoms with Gasteiger partial charge in [0.05, 0.1) is 6.04 Å². The van der Waals surface area contributed by atoms with Crippen molar-refractivity contribution in [2.75, 3.05) is 6.54 Å². The molecule has 0 amide bonds. The minimum atomic E-state index is 0.221. The third-order valence-corrected chi connectivity index (χ3v) is 3.29. The number of aromatic nitrogens is 2. The first kappa shape index (κ1) is 12.3. The average Bonchev–Trinajstić information content (AvgIpc) is 2.78. The van der Waals surface area contributed by atoms with Gasteiger partial charge in [-0.2, -0.15) is 4.98 Å². The van der Waals surface area contributed by atoms with E-state index in [1.54, 1.807) is 0 Å². The Morgan fingerprint density at radius 3 is 3.00 bits per heavy atom. The van der Waals surface area contributed by atoms with Crippen molar-refractivity contribution in [2.45, 2.75) is 45.6 Å². The van der Waals surface area contributed by atoms with E-state index in [1.807, 2.05) is 6.92 Å². The molecular weight excluding hydrogens is 214 g/mol. The zero-order valence-electron chi connectivity index (χ0n) is 10.6. The van der Waals surface area contributed by atoms with Crippen molar-refractivity contribution in [3.63, 3.8) is 0 Å². The number of hydrogen-bond donors (Lipinski definition) is 1. The van der Waals surface area contributed by atoms with Gasteiger partial charge < -0.3 is 9.84 Å². The van der Waals surface area contributed by atoms with Gasteiger partial charge in [-0.15, -0.1) is 0 Å². The first-order chi connectivity index (χ1) is 8.29. The molecule has 0 saturated carbocycles. The van der Waals surface area contributed by atoms with Gasteiger partial charge in [-0.1, -0.05) is 24.2 Å². The summed E-state index contributed by atoms with van der Waals surface area (Å²) in [5, 5.41) is 7.54. The molecule has 94 valence electrons. The quantitative estimate of drug-likeness (QED) is 0.797. The van der Waals surface area contributed by atoms with Crippen LogP contribution in [0.4, 0.5) is 0 Å². The van der Waals surface area contributed by atoms with Crippen LogP contribution in [-0.4, -0.2) is 16.7 Å². The van der Waals surface area contributed by atoms with E-state index in [1.165, 1.54) is 19.3 Å². The molecule has 1 heterocycles. The molecule has 0 fully saturated rings. The fourth-order valence-corrected chi connectivity index (χ4v) is 2.23. The molecular formula is C13H21N3O. The lowest BCUT2D eigenvalue weighted by Gasteiger charge is -2.21. The first-order valence-corrected chi connectivity index (χ1v) is 6.48. The van der Waals surface area contributed by atoms with Gasteiger partial charge in [0, 0.05) is 6.92 Å². The molecule has 4 nitrogen and oxygen atoms in total. The number of hydrogen-bond acceptors (Lipinski definition) is 4. The Morgan fingerprint density at radius 1 is 1.53 bits per heavy atom. The fraction of sp³-hybridized carbons (Fsp3) is 0.692. The summed E-state index contributed by atoms with van der Waals surface area (Å²) < 4.78 is 5.03. The monoisotopic (exact) mass is 235 g/mol. The second kappa shape index (κ2) is 5.96.